The molecular weight excluding hydrogens is 206 g/mol. The second kappa shape index (κ2) is 4.02. The van der Waals surface area contributed by atoms with Gasteiger partial charge in [0.25, 0.3) is 9.06 Å². The quantitative estimate of drug-likeness (QED) is 0.724. The van der Waals surface area contributed by atoms with Crippen LogP contribution < -0.4 is 4.31 Å². The second-order valence-electron chi connectivity index (χ2n) is 2.43. The van der Waals surface area contributed by atoms with Crippen molar-refractivity contribution in [1.82, 2.24) is 0 Å². The highest BCUT2D eigenvalue weighted by molar-refractivity contribution is 8.72. The number of nitrogens with zero attached hydrogens (tertiary/aromatic N) is 1. The number of anilines is 1. The van der Waals surface area contributed by atoms with Crippen molar-refractivity contribution in [3.05, 3.63) is 30.3 Å². The molecule has 3 nitrogen and oxygen atoms in total. The minimum Gasteiger partial charge on any atom is -0.265 e. The smallest absolute Gasteiger partial charge is 0.265 e. The maximum atomic E-state index is 11.4. The summed E-state index contributed by atoms with van der Waals surface area (Å²) in [5.74, 6) is 0. The van der Waals surface area contributed by atoms with Gasteiger partial charge >= 0.3 is 0 Å². The fraction of sp³-hybridized carbons (Fsp3) is 0.250. The van der Waals surface area contributed by atoms with Crippen LogP contribution in [0.4, 0.5) is 5.69 Å². The summed E-state index contributed by atoms with van der Waals surface area (Å²) >= 11 is 0. The van der Waals surface area contributed by atoms with Gasteiger partial charge in [0.15, 0.2) is 0 Å². The third-order valence-electron chi connectivity index (χ3n) is 1.67. The van der Waals surface area contributed by atoms with E-state index in [4.69, 9.17) is 0 Å². The molecule has 0 heterocycles. The summed E-state index contributed by atoms with van der Waals surface area (Å²) in [6, 6.07) is 8.98. The van der Waals surface area contributed by atoms with Crippen LogP contribution in [-0.2, 0) is 9.06 Å². The fourth-order valence-electron chi connectivity index (χ4n) is 0.879. The van der Waals surface area contributed by atoms with Crippen molar-refractivity contribution in [2.24, 2.45) is 0 Å². The number of hydrogen-bond acceptors (Lipinski definition) is 3. The topological polar surface area (TPSA) is 37.4 Å². The normalized spacial score (nSPS) is 11.2. The van der Waals surface area contributed by atoms with Crippen LogP contribution in [0.2, 0.25) is 0 Å². The average molecular weight is 217 g/mol. The largest absolute Gasteiger partial charge is 0.288 e. The van der Waals surface area contributed by atoms with E-state index >= 15 is 0 Å². The maximum absolute atomic E-state index is 11.4. The lowest BCUT2D eigenvalue weighted by Gasteiger charge is -2.16. The van der Waals surface area contributed by atoms with E-state index < -0.39 is 9.06 Å². The molecule has 72 valence electrons. The molecule has 0 unspecified atom stereocenters. The molecule has 0 fully saturated rings. The maximum Gasteiger partial charge on any atom is 0.288 e. The minimum atomic E-state index is -3.20. The Morgan fingerprint density at radius 1 is 1.23 bits per heavy atom. The molecule has 0 aliphatic rings. The highest BCUT2D eigenvalue weighted by atomic mass is 33.1. The molecule has 0 saturated heterocycles. The van der Waals surface area contributed by atoms with E-state index in [9.17, 15) is 8.42 Å². The zero-order chi connectivity index (χ0) is 9.90. The van der Waals surface area contributed by atoms with Crippen LogP contribution in [0.3, 0.4) is 0 Å². The van der Waals surface area contributed by atoms with E-state index in [1.54, 1.807) is 25.4 Å². The molecule has 1 aromatic rings. The van der Waals surface area contributed by atoms with Crippen LogP contribution >= 0.6 is 10.8 Å². The van der Waals surface area contributed by atoms with Gasteiger partial charge in [-0.25, -0.2) is 0 Å². The Morgan fingerprint density at radius 3 is 2.23 bits per heavy atom. The molecule has 0 radical (unpaired) electrons. The Balaban J connectivity index is 2.99. The number of rotatable bonds is 3. The van der Waals surface area contributed by atoms with Gasteiger partial charge in [0.1, 0.15) is 0 Å². The van der Waals surface area contributed by atoms with Crippen LogP contribution in [0.15, 0.2) is 30.3 Å². The number of para-hydroxylation sites is 1. The summed E-state index contributed by atoms with van der Waals surface area (Å²) in [6.07, 6.45) is 1.55. The fourth-order valence-corrected chi connectivity index (χ4v) is 2.41. The predicted molar refractivity (Wildman–Crippen MR) is 57.3 cm³/mol. The van der Waals surface area contributed by atoms with Gasteiger partial charge in [-0.3, -0.25) is 4.31 Å². The Bertz CT molecular complexity index is 361. The summed E-state index contributed by atoms with van der Waals surface area (Å²) < 4.78 is 24.0. The molecule has 0 saturated carbocycles. The molecule has 0 amide bonds. The van der Waals surface area contributed by atoms with Crippen LogP contribution in [0.5, 0.6) is 0 Å². The van der Waals surface area contributed by atoms with E-state index in [1.807, 2.05) is 18.2 Å². The van der Waals surface area contributed by atoms with Gasteiger partial charge in [-0.05, 0) is 29.2 Å². The first-order chi connectivity index (χ1) is 6.08. The predicted octanol–water partition coefficient (Wildman–Crippen LogP) is 1.73. The van der Waals surface area contributed by atoms with Gasteiger partial charge in [-0.15, -0.1) is 0 Å². The van der Waals surface area contributed by atoms with Gasteiger partial charge < -0.3 is 0 Å². The zero-order valence-corrected chi connectivity index (χ0v) is 9.10. The monoisotopic (exact) mass is 217 g/mol. The first-order valence-electron chi connectivity index (χ1n) is 3.67. The van der Waals surface area contributed by atoms with Crippen molar-refractivity contribution in [1.29, 1.82) is 0 Å². The molecule has 1 rings (SSSR count). The molecule has 0 spiro atoms. The molecule has 0 atom stereocenters. The first kappa shape index (κ1) is 10.4. The SMILES string of the molecule is CSS(=O)(=O)N(C)c1ccccc1. The summed E-state index contributed by atoms with van der Waals surface area (Å²) in [5.41, 5.74) is 0.678. The number of benzene rings is 1. The molecule has 5 heteroatoms. The lowest BCUT2D eigenvalue weighted by molar-refractivity contribution is 0.609. The summed E-state index contributed by atoms with van der Waals surface area (Å²) in [6.45, 7) is 0. The van der Waals surface area contributed by atoms with Crippen LogP contribution in [0.1, 0.15) is 0 Å². The summed E-state index contributed by atoms with van der Waals surface area (Å²) in [5, 5.41) is 0. The average Bonchev–Trinajstić information content (AvgIpc) is 2.18. The number of hydrogen-bond donors (Lipinski definition) is 0. The van der Waals surface area contributed by atoms with Crippen molar-refractivity contribution >= 4 is 25.5 Å². The highest BCUT2D eigenvalue weighted by Crippen LogP contribution is 2.20. The Kier molecular flexibility index (Phi) is 3.22. The van der Waals surface area contributed by atoms with Gasteiger partial charge in [-0.2, -0.15) is 8.42 Å². The van der Waals surface area contributed by atoms with Crippen molar-refractivity contribution < 1.29 is 8.42 Å². The van der Waals surface area contributed by atoms with E-state index in [0.717, 1.165) is 10.8 Å². The lowest BCUT2D eigenvalue weighted by Crippen LogP contribution is -2.22. The van der Waals surface area contributed by atoms with Crippen molar-refractivity contribution in [3.63, 3.8) is 0 Å². The first-order valence-corrected chi connectivity index (χ1v) is 6.85. The zero-order valence-electron chi connectivity index (χ0n) is 7.47. The van der Waals surface area contributed by atoms with Crippen molar-refractivity contribution in [2.75, 3.05) is 17.6 Å². The lowest BCUT2D eigenvalue weighted by atomic mass is 10.3. The molecule has 1 aromatic carbocycles. The summed E-state index contributed by atoms with van der Waals surface area (Å²) in [4.78, 5) is 0. The highest BCUT2D eigenvalue weighted by Gasteiger charge is 2.15. The second-order valence-corrected chi connectivity index (χ2v) is 6.43. The van der Waals surface area contributed by atoms with E-state index in [2.05, 4.69) is 0 Å². The molecule has 0 aliphatic heterocycles. The minimum absolute atomic E-state index is 0.678. The molecular formula is C8H11NO2S2. The molecule has 13 heavy (non-hydrogen) atoms. The van der Waals surface area contributed by atoms with Gasteiger partial charge in [0, 0.05) is 7.05 Å². The van der Waals surface area contributed by atoms with Gasteiger partial charge in [0.05, 0.1) is 5.69 Å². The van der Waals surface area contributed by atoms with E-state index in [-0.39, 0.29) is 0 Å². The van der Waals surface area contributed by atoms with Crippen LogP contribution in [0.25, 0.3) is 0 Å². The third kappa shape index (κ3) is 2.38. The van der Waals surface area contributed by atoms with E-state index in [1.165, 1.54) is 4.31 Å². The Hall–Kier alpha value is -0.680. The standard InChI is InChI=1S/C8H11NO2S2/c1-9(13(10,11)12-2)8-6-4-3-5-7-8/h3-7H,1-2H3. The van der Waals surface area contributed by atoms with Crippen LogP contribution in [0, 0.1) is 0 Å². The summed E-state index contributed by atoms with van der Waals surface area (Å²) in [7, 11) is -0.830. The molecule has 0 bridgehead atoms. The molecule has 0 N–H and O–H groups in total. The van der Waals surface area contributed by atoms with E-state index in [0.29, 0.717) is 5.69 Å². The Morgan fingerprint density at radius 2 is 1.77 bits per heavy atom. The molecule has 0 aliphatic carbocycles. The Labute approximate surface area is 82.2 Å². The third-order valence-corrected chi connectivity index (χ3v) is 4.90. The van der Waals surface area contributed by atoms with Gasteiger partial charge in [0.2, 0.25) is 0 Å². The van der Waals surface area contributed by atoms with Crippen LogP contribution in [-0.4, -0.2) is 21.7 Å². The van der Waals surface area contributed by atoms with Crippen molar-refractivity contribution in [2.45, 2.75) is 0 Å². The molecule has 0 aromatic heterocycles. The van der Waals surface area contributed by atoms with Gasteiger partial charge in [-0.1, -0.05) is 18.2 Å². The van der Waals surface area contributed by atoms with Crippen molar-refractivity contribution in [3.8, 4) is 0 Å².